The first-order chi connectivity index (χ1) is 13.7. The molecule has 4 atom stereocenters. The van der Waals surface area contributed by atoms with Crippen molar-refractivity contribution in [2.24, 2.45) is 5.92 Å². The summed E-state index contributed by atoms with van der Waals surface area (Å²) in [5.74, 6) is -1.36. The Bertz CT molecular complexity index is 997. The summed E-state index contributed by atoms with van der Waals surface area (Å²) < 4.78 is 25.2. The first-order valence-electron chi connectivity index (χ1n) is 9.37. The first kappa shape index (κ1) is 19.6. The number of ether oxygens (including phenoxy) is 4. The molecule has 2 aromatic rings. The van der Waals surface area contributed by atoms with Gasteiger partial charge in [-0.1, -0.05) is 13.8 Å². The smallest absolute Gasteiger partial charge is 0.308 e. The number of hydrogen-bond donors (Lipinski definition) is 1. The molecule has 0 aliphatic carbocycles. The molecule has 2 aliphatic rings. The molecule has 2 fully saturated rings. The van der Waals surface area contributed by atoms with Crippen molar-refractivity contribution >= 4 is 17.3 Å². The minimum absolute atomic E-state index is 0.266. The molecule has 0 amide bonds. The number of carbonyl (C=O) groups is 1. The average molecular weight is 401 g/mol. The molecule has 2 saturated heterocycles. The highest BCUT2D eigenvalue weighted by Gasteiger charge is 2.65. The predicted octanol–water partition coefficient (Wildman–Crippen LogP) is 1.36. The minimum Gasteiger partial charge on any atom is -0.461 e. The van der Waals surface area contributed by atoms with Crippen LogP contribution >= 0.6 is 0 Å². The summed E-state index contributed by atoms with van der Waals surface area (Å²) in [5, 5.41) is 14.3. The summed E-state index contributed by atoms with van der Waals surface area (Å²) >= 11 is 0. The van der Waals surface area contributed by atoms with Gasteiger partial charge in [-0.25, -0.2) is 9.50 Å². The van der Waals surface area contributed by atoms with E-state index < -0.39 is 35.7 Å². The minimum atomic E-state index is -1.52. The van der Waals surface area contributed by atoms with Crippen molar-refractivity contribution in [2.75, 3.05) is 12.3 Å². The lowest BCUT2D eigenvalue weighted by molar-refractivity contribution is -0.208. The number of nitriles is 1. The largest absolute Gasteiger partial charge is 0.461 e. The van der Waals surface area contributed by atoms with Crippen LogP contribution in [-0.4, -0.2) is 50.8 Å². The van der Waals surface area contributed by atoms with Crippen molar-refractivity contribution in [3.05, 3.63) is 24.2 Å². The molecule has 4 heterocycles. The van der Waals surface area contributed by atoms with Crippen LogP contribution < -0.4 is 5.73 Å². The highest BCUT2D eigenvalue weighted by atomic mass is 16.8. The van der Waals surface area contributed by atoms with Gasteiger partial charge in [-0.05, 0) is 26.0 Å². The Hall–Kier alpha value is -2.74. The van der Waals surface area contributed by atoms with Crippen LogP contribution in [0.4, 0.5) is 5.82 Å². The lowest BCUT2D eigenvalue weighted by Crippen LogP contribution is -2.46. The molecule has 10 nitrogen and oxygen atoms in total. The fourth-order valence-corrected chi connectivity index (χ4v) is 3.73. The van der Waals surface area contributed by atoms with Crippen LogP contribution in [0.15, 0.2) is 18.5 Å². The summed E-state index contributed by atoms with van der Waals surface area (Å²) in [5.41, 5.74) is 5.66. The number of esters is 1. The van der Waals surface area contributed by atoms with Crippen molar-refractivity contribution < 1.29 is 23.7 Å². The lowest BCUT2D eigenvalue weighted by atomic mass is 9.96. The quantitative estimate of drug-likeness (QED) is 0.754. The Kier molecular flexibility index (Phi) is 4.49. The molecule has 4 rings (SSSR count). The van der Waals surface area contributed by atoms with E-state index in [1.54, 1.807) is 44.3 Å². The molecule has 0 unspecified atom stereocenters. The zero-order valence-corrected chi connectivity index (χ0v) is 16.7. The Morgan fingerprint density at radius 1 is 1.38 bits per heavy atom. The van der Waals surface area contributed by atoms with Crippen molar-refractivity contribution in [3.8, 4) is 6.07 Å². The Balaban J connectivity index is 1.73. The van der Waals surface area contributed by atoms with Crippen molar-refractivity contribution in [3.63, 3.8) is 0 Å². The summed E-state index contributed by atoms with van der Waals surface area (Å²) in [6, 6.07) is 5.73. The predicted molar refractivity (Wildman–Crippen MR) is 99.2 cm³/mol. The van der Waals surface area contributed by atoms with E-state index in [4.69, 9.17) is 24.7 Å². The second-order valence-corrected chi connectivity index (χ2v) is 8.02. The van der Waals surface area contributed by atoms with Crippen LogP contribution in [0.25, 0.3) is 5.52 Å². The number of anilines is 1. The van der Waals surface area contributed by atoms with Crippen molar-refractivity contribution in [1.29, 1.82) is 5.26 Å². The van der Waals surface area contributed by atoms with Crippen LogP contribution in [-0.2, 0) is 23.7 Å². The van der Waals surface area contributed by atoms with Gasteiger partial charge in [0.25, 0.3) is 0 Å². The van der Waals surface area contributed by atoms with E-state index >= 15 is 0 Å². The third-order valence-electron chi connectivity index (χ3n) is 5.12. The average Bonchev–Trinajstić information content (AvgIpc) is 3.31. The third-order valence-corrected chi connectivity index (χ3v) is 5.12. The SMILES string of the molecule is CC(C)C(=O)OC[C@@]1(C#N)O[C@@H](c2ccc3c(N)ncnn23)[C@@H]2OC(C)(C)O[C@@H]21. The van der Waals surface area contributed by atoms with Gasteiger partial charge in [0.1, 0.15) is 42.8 Å². The molecule has 0 bridgehead atoms. The van der Waals surface area contributed by atoms with Crippen LogP contribution in [0.3, 0.4) is 0 Å². The van der Waals surface area contributed by atoms with E-state index in [2.05, 4.69) is 16.2 Å². The number of rotatable bonds is 4. The first-order valence-corrected chi connectivity index (χ1v) is 9.37. The van der Waals surface area contributed by atoms with Gasteiger partial charge in [0.15, 0.2) is 11.6 Å². The molecule has 29 heavy (non-hydrogen) atoms. The fourth-order valence-electron chi connectivity index (χ4n) is 3.73. The Labute approximate surface area is 167 Å². The maximum Gasteiger partial charge on any atom is 0.308 e. The molecule has 2 aliphatic heterocycles. The normalized spacial score (nSPS) is 30.4. The molecule has 0 radical (unpaired) electrons. The highest BCUT2D eigenvalue weighted by molar-refractivity contribution is 5.71. The van der Waals surface area contributed by atoms with Gasteiger partial charge in [-0.3, -0.25) is 4.79 Å². The molecule has 0 aromatic carbocycles. The van der Waals surface area contributed by atoms with Gasteiger partial charge in [-0.2, -0.15) is 10.4 Å². The number of nitrogens with zero attached hydrogens (tertiary/aromatic N) is 4. The van der Waals surface area contributed by atoms with E-state index in [0.717, 1.165) is 0 Å². The maximum absolute atomic E-state index is 12.0. The fraction of sp³-hybridized carbons (Fsp3) is 0.579. The number of aromatic nitrogens is 3. The molecule has 0 spiro atoms. The third kappa shape index (κ3) is 3.11. The van der Waals surface area contributed by atoms with Crippen molar-refractivity contribution in [1.82, 2.24) is 14.6 Å². The van der Waals surface area contributed by atoms with Crippen LogP contribution in [0, 0.1) is 17.2 Å². The van der Waals surface area contributed by atoms with Crippen LogP contribution in [0.2, 0.25) is 0 Å². The summed E-state index contributed by atoms with van der Waals surface area (Å²) in [6.45, 7) is 6.70. The molecular weight excluding hydrogens is 378 g/mol. The molecule has 10 heteroatoms. The standard InChI is InChI=1S/C19H23N5O5/c1-10(2)17(25)26-8-19(7-20)15-14(27-18(3,4)29-15)13(28-19)11-5-6-12-16(21)22-9-23-24(11)12/h5-6,9-10,13-15H,8H2,1-4H3,(H2,21,22,23)/t13-,14-,15-,19+/m0/s1. The summed E-state index contributed by atoms with van der Waals surface area (Å²) in [4.78, 5) is 16.0. The maximum atomic E-state index is 12.0. The van der Waals surface area contributed by atoms with E-state index in [1.165, 1.54) is 6.33 Å². The van der Waals surface area contributed by atoms with Crippen LogP contribution in [0.5, 0.6) is 0 Å². The Morgan fingerprint density at radius 3 is 2.83 bits per heavy atom. The monoisotopic (exact) mass is 401 g/mol. The molecular formula is C19H23N5O5. The second-order valence-electron chi connectivity index (χ2n) is 8.02. The van der Waals surface area contributed by atoms with Gasteiger partial charge < -0.3 is 24.7 Å². The number of nitrogen functional groups attached to an aromatic ring is 1. The van der Waals surface area contributed by atoms with E-state index in [9.17, 15) is 10.1 Å². The molecule has 0 saturated carbocycles. The molecule has 2 N–H and O–H groups in total. The van der Waals surface area contributed by atoms with Gasteiger partial charge in [0, 0.05) is 0 Å². The molecule has 2 aromatic heterocycles. The van der Waals surface area contributed by atoms with E-state index in [1.807, 2.05) is 0 Å². The topological polar surface area (TPSA) is 134 Å². The van der Waals surface area contributed by atoms with Gasteiger partial charge in [-0.15, -0.1) is 0 Å². The van der Waals surface area contributed by atoms with Crippen LogP contribution in [0.1, 0.15) is 39.5 Å². The van der Waals surface area contributed by atoms with Crippen molar-refractivity contribution in [2.45, 2.75) is 57.4 Å². The Morgan fingerprint density at radius 2 is 2.14 bits per heavy atom. The number of nitrogens with two attached hydrogens (primary N) is 1. The summed E-state index contributed by atoms with van der Waals surface area (Å²) in [7, 11) is 0. The number of carbonyl (C=O) groups excluding carboxylic acids is 1. The summed E-state index contributed by atoms with van der Waals surface area (Å²) in [6.07, 6.45) is -0.694. The number of hydrogen-bond acceptors (Lipinski definition) is 9. The van der Waals surface area contributed by atoms with E-state index in [0.29, 0.717) is 17.0 Å². The zero-order valence-electron chi connectivity index (χ0n) is 16.7. The lowest BCUT2D eigenvalue weighted by Gasteiger charge is -2.29. The zero-order chi connectivity index (χ0) is 21.0. The molecule has 154 valence electrons. The van der Waals surface area contributed by atoms with E-state index in [-0.39, 0.29) is 12.5 Å². The highest BCUT2D eigenvalue weighted by Crippen LogP contribution is 2.50. The number of fused-ring (bicyclic) bond motifs is 2. The van der Waals surface area contributed by atoms with Gasteiger partial charge in [0.05, 0.1) is 11.6 Å². The second kappa shape index (κ2) is 6.66. The van der Waals surface area contributed by atoms with Gasteiger partial charge in [0.2, 0.25) is 5.60 Å². The van der Waals surface area contributed by atoms with Gasteiger partial charge >= 0.3 is 5.97 Å².